The monoisotopic (exact) mass is 357 g/mol. The molecule has 1 aromatic carbocycles. The number of rotatable bonds is 8. The molecule has 0 fully saturated rings. The maximum absolute atomic E-state index is 11.8. The van der Waals surface area contributed by atoms with Crippen molar-refractivity contribution in [3.05, 3.63) is 51.7 Å². The highest BCUT2D eigenvalue weighted by Crippen LogP contribution is 2.22. The second kappa shape index (κ2) is 8.30. The Labute approximate surface area is 151 Å². The molecule has 0 saturated carbocycles. The fourth-order valence-electron chi connectivity index (χ4n) is 2.86. The van der Waals surface area contributed by atoms with E-state index in [9.17, 15) is 4.79 Å². The van der Waals surface area contributed by atoms with Gasteiger partial charge in [-0.05, 0) is 45.2 Å². The van der Waals surface area contributed by atoms with E-state index >= 15 is 0 Å². The minimum Gasteiger partial charge on any atom is -0.461 e. The molecule has 5 heteroatoms. The van der Waals surface area contributed by atoms with Gasteiger partial charge in [0, 0.05) is 16.7 Å². The molecule has 2 aromatic heterocycles. The molecule has 4 nitrogen and oxygen atoms in total. The molecular formula is C20H23NO3S. The number of esters is 1. The number of thiazole rings is 1. The molecule has 0 radical (unpaired) electrons. The van der Waals surface area contributed by atoms with Crippen molar-refractivity contribution in [3.63, 3.8) is 0 Å². The molecule has 0 aliphatic heterocycles. The Hall–Kier alpha value is -2.14. The van der Waals surface area contributed by atoms with Gasteiger partial charge in [-0.1, -0.05) is 24.6 Å². The molecule has 0 bridgehead atoms. The SMILES string of the molecule is CCOC(=O)c1nc(CCCCCc2cc3ccccc3o2)sc1C. The summed E-state index contributed by atoms with van der Waals surface area (Å²) in [5.41, 5.74) is 1.44. The molecule has 0 aliphatic rings. The van der Waals surface area contributed by atoms with Crippen LogP contribution in [0.1, 0.15) is 52.3 Å². The van der Waals surface area contributed by atoms with E-state index in [0.717, 1.165) is 53.3 Å². The van der Waals surface area contributed by atoms with Crippen LogP contribution in [0.2, 0.25) is 0 Å². The number of carbonyl (C=O) groups excluding carboxylic acids is 1. The molecule has 0 N–H and O–H groups in total. The highest BCUT2D eigenvalue weighted by atomic mass is 32.1. The van der Waals surface area contributed by atoms with E-state index in [-0.39, 0.29) is 5.97 Å². The summed E-state index contributed by atoms with van der Waals surface area (Å²) < 4.78 is 10.9. The third-order valence-electron chi connectivity index (χ3n) is 4.10. The van der Waals surface area contributed by atoms with Gasteiger partial charge >= 0.3 is 5.97 Å². The van der Waals surface area contributed by atoms with Crippen molar-refractivity contribution in [2.45, 2.75) is 46.0 Å². The largest absolute Gasteiger partial charge is 0.461 e. The van der Waals surface area contributed by atoms with Gasteiger partial charge in [-0.15, -0.1) is 11.3 Å². The zero-order valence-corrected chi connectivity index (χ0v) is 15.5. The van der Waals surface area contributed by atoms with Crippen molar-refractivity contribution >= 4 is 28.3 Å². The second-order valence-corrected chi connectivity index (χ2v) is 7.33. The van der Waals surface area contributed by atoms with Crippen LogP contribution in [-0.2, 0) is 17.6 Å². The molecule has 2 heterocycles. The second-order valence-electron chi connectivity index (χ2n) is 6.04. The van der Waals surface area contributed by atoms with Crippen LogP contribution in [0.15, 0.2) is 34.7 Å². The molecule has 0 amide bonds. The first-order chi connectivity index (χ1) is 12.2. The van der Waals surface area contributed by atoms with Crippen LogP contribution < -0.4 is 0 Å². The topological polar surface area (TPSA) is 52.3 Å². The van der Waals surface area contributed by atoms with Gasteiger partial charge < -0.3 is 9.15 Å². The number of aromatic nitrogens is 1. The summed E-state index contributed by atoms with van der Waals surface area (Å²) in [6, 6.07) is 10.2. The van der Waals surface area contributed by atoms with Gasteiger partial charge in [-0.25, -0.2) is 9.78 Å². The molecule has 3 rings (SSSR count). The summed E-state index contributed by atoms with van der Waals surface area (Å²) in [6.45, 7) is 4.12. The number of benzene rings is 1. The minimum atomic E-state index is -0.313. The Kier molecular flexibility index (Phi) is 5.87. The summed E-state index contributed by atoms with van der Waals surface area (Å²) in [7, 11) is 0. The molecule has 132 valence electrons. The number of aryl methyl sites for hydroxylation is 3. The van der Waals surface area contributed by atoms with Gasteiger partial charge in [0.25, 0.3) is 0 Å². The van der Waals surface area contributed by atoms with Crippen LogP contribution in [-0.4, -0.2) is 17.6 Å². The molecule has 3 aromatic rings. The standard InChI is InChI=1S/C20H23NO3S/c1-3-23-20(22)19-14(2)25-18(21-19)12-6-4-5-10-16-13-15-9-7-8-11-17(15)24-16/h7-9,11,13H,3-6,10,12H2,1-2H3. The highest BCUT2D eigenvalue weighted by Gasteiger charge is 2.16. The average molecular weight is 357 g/mol. The number of ether oxygens (including phenoxy) is 1. The molecule has 0 spiro atoms. The van der Waals surface area contributed by atoms with Gasteiger partial charge in [-0.2, -0.15) is 0 Å². The van der Waals surface area contributed by atoms with Gasteiger partial charge in [0.1, 0.15) is 11.3 Å². The first kappa shape index (κ1) is 17.7. The smallest absolute Gasteiger partial charge is 0.358 e. The maximum atomic E-state index is 11.8. The van der Waals surface area contributed by atoms with E-state index in [4.69, 9.17) is 9.15 Å². The molecule has 0 unspecified atom stereocenters. The molecule has 0 saturated heterocycles. The lowest BCUT2D eigenvalue weighted by atomic mass is 10.1. The minimum absolute atomic E-state index is 0.313. The summed E-state index contributed by atoms with van der Waals surface area (Å²) in [5.74, 6) is 0.739. The van der Waals surface area contributed by atoms with E-state index in [0.29, 0.717) is 12.3 Å². The summed E-state index contributed by atoms with van der Waals surface area (Å²) in [5, 5.41) is 2.19. The maximum Gasteiger partial charge on any atom is 0.358 e. The number of para-hydroxylation sites is 1. The van der Waals surface area contributed by atoms with Crippen molar-refractivity contribution in [1.82, 2.24) is 4.98 Å². The molecule has 0 aliphatic carbocycles. The fourth-order valence-corrected chi connectivity index (χ4v) is 3.82. The number of hydrogen-bond donors (Lipinski definition) is 0. The number of furan rings is 1. The van der Waals surface area contributed by atoms with Crippen molar-refractivity contribution in [2.75, 3.05) is 6.61 Å². The van der Waals surface area contributed by atoms with Crippen LogP contribution >= 0.6 is 11.3 Å². The first-order valence-corrected chi connectivity index (χ1v) is 9.60. The van der Waals surface area contributed by atoms with Crippen LogP contribution in [0.3, 0.4) is 0 Å². The number of hydrogen-bond acceptors (Lipinski definition) is 5. The lowest BCUT2D eigenvalue weighted by Crippen LogP contribution is -2.06. The van der Waals surface area contributed by atoms with Gasteiger partial charge in [0.15, 0.2) is 5.69 Å². The Morgan fingerprint density at radius 1 is 1.20 bits per heavy atom. The van der Waals surface area contributed by atoms with E-state index in [1.807, 2.05) is 32.0 Å². The predicted molar refractivity (Wildman–Crippen MR) is 100 cm³/mol. The van der Waals surface area contributed by atoms with Gasteiger partial charge in [0.05, 0.1) is 11.6 Å². The predicted octanol–water partition coefficient (Wildman–Crippen LogP) is 5.33. The van der Waals surface area contributed by atoms with Crippen LogP contribution in [0, 0.1) is 6.92 Å². The van der Waals surface area contributed by atoms with Crippen molar-refractivity contribution in [1.29, 1.82) is 0 Å². The average Bonchev–Trinajstić information content (AvgIpc) is 3.17. The van der Waals surface area contributed by atoms with E-state index in [1.165, 1.54) is 5.39 Å². The van der Waals surface area contributed by atoms with Crippen LogP contribution in [0.5, 0.6) is 0 Å². The van der Waals surface area contributed by atoms with Crippen molar-refractivity contribution in [3.8, 4) is 0 Å². The summed E-state index contributed by atoms with van der Waals surface area (Å²) >= 11 is 1.60. The summed E-state index contributed by atoms with van der Waals surface area (Å²) in [4.78, 5) is 17.2. The van der Waals surface area contributed by atoms with Crippen molar-refractivity contribution < 1.29 is 13.9 Å². The third kappa shape index (κ3) is 4.48. The van der Waals surface area contributed by atoms with Gasteiger partial charge in [-0.3, -0.25) is 0 Å². The lowest BCUT2D eigenvalue weighted by molar-refractivity contribution is 0.0519. The van der Waals surface area contributed by atoms with E-state index < -0.39 is 0 Å². The Balaban J connectivity index is 1.44. The number of carbonyl (C=O) groups is 1. The Morgan fingerprint density at radius 2 is 2.00 bits per heavy atom. The Bertz CT molecular complexity index is 817. The first-order valence-electron chi connectivity index (χ1n) is 8.78. The lowest BCUT2D eigenvalue weighted by Gasteiger charge is -1.99. The van der Waals surface area contributed by atoms with Gasteiger partial charge in [0.2, 0.25) is 0 Å². The van der Waals surface area contributed by atoms with E-state index in [2.05, 4.69) is 17.1 Å². The van der Waals surface area contributed by atoms with Crippen LogP contribution in [0.25, 0.3) is 11.0 Å². The fraction of sp³-hybridized carbons (Fsp3) is 0.400. The number of unbranched alkanes of at least 4 members (excludes halogenated alkanes) is 2. The molecule has 25 heavy (non-hydrogen) atoms. The Morgan fingerprint density at radius 3 is 2.80 bits per heavy atom. The highest BCUT2D eigenvalue weighted by molar-refractivity contribution is 7.11. The third-order valence-corrected chi connectivity index (χ3v) is 5.13. The van der Waals surface area contributed by atoms with Crippen LogP contribution in [0.4, 0.5) is 0 Å². The van der Waals surface area contributed by atoms with E-state index in [1.54, 1.807) is 11.3 Å². The number of nitrogens with zero attached hydrogens (tertiary/aromatic N) is 1. The normalized spacial score (nSPS) is 11.1. The van der Waals surface area contributed by atoms with Crippen molar-refractivity contribution in [2.24, 2.45) is 0 Å². The molecular weight excluding hydrogens is 334 g/mol. The zero-order chi connectivity index (χ0) is 17.6. The zero-order valence-electron chi connectivity index (χ0n) is 14.7. The molecule has 0 atom stereocenters. The number of fused-ring (bicyclic) bond motifs is 1. The quantitative estimate of drug-likeness (QED) is 0.404. The summed E-state index contributed by atoms with van der Waals surface area (Å²) in [6.07, 6.45) is 5.14.